The lowest BCUT2D eigenvalue weighted by Crippen LogP contribution is -2.50. The van der Waals surface area contributed by atoms with E-state index in [0.29, 0.717) is 6.07 Å². The molecule has 0 amide bonds. The second kappa shape index (κ2) is 6.00. The van der Waals surface area contributed by atoms with Gasteiger partial charge in [0.2, 0.25) is 0 Å². The van der Waals surface area contributed by atoms with Gasteiger partial charge in [0.25, 0.3) is 0 Å². The fourth-order valence-corrected chi connectivity index (χ4v) is 2.63. The third-order valence-electron chi connectivity index (χ3n) is 3.69. The van der Waals surface area contributed by atoms with E-state index in [1.165, 1.54) is 19.1 Å². The van der Waals surface area contributed by atoms with Crippen molar-refractivity contribution in [2.45, 2.75) is 31.9 Å². The smallest absolute Gasteiger partial charge is 0.218 e. The summed E-state index contributed by atoms with van der Waals surface area (Å²) in [5, 5.41) is 0. The van der Waals surface area contributed by atoms with Gasteiger partial charge in [-0.1, -0.05) is 24.3 Å². The van der Waals surface area contributed by atoms with Crippen molar-refractivity contribution in [3.8, 4) is 11.1 Å². The minimum absolute atomic E-state index is 0.136. The van der Waals surface area contributed by atoms with E-state index < -0.39 is 40.5 Å². The van der Waals surface area contributed by atoms with Crippen LogP contribution in [0, 0.1) is 25.7 Å². The molecule has 0 aromatic heterocycles. The third-order valence-corrected chi connectivity index (χ3v) is 3.69. The maximum absolute atomic E-state index is 14.6. The van der Waals surface area contributed by atoms with E-state index in [1.54, 1.807) is 0 Å². The van der Waals surface area contributed by atoms with Crippen LogP contribution < -0.4 is 0 Å². The van der Waals surface area contributed by atoms with Crippen LogP contribution in [0.5, 0.6) is 0 Å². The van der Waals surface area contributed by atoms with Crippen LogP contribution in [0.25, 0.3) is 11.1 Å². The molecule has 25 heavy (non-hydrogen) atoms. The summed E-state index contributed by atoms with van der Waals surface area (Å²) in [6, 6.07) is 7.19. The van der Waals surface area contributed by atoms with Crippen LogP contribution in [0.15, 0.2) is 30.3 Å². The van der Waals surface area contributed by atoms with Crippen LogP contribution >= 0.6 is 0 Å². The van der Waals surface area contributed by atoms with Gasteiger partial charge in [-0.25, -0.2) is 8.78 Å². The van der Waals surface area contributed by atoms with Gasteiger partial charge in [0.15, 0.2) is 0 Å². The van der Waals surface area contributed by atoms with Gasteiger partial charge in [0.05, 0.1) is 0 Å². The van der Waals surface area contributed by atoms with Crippen molar-refractivity contribution in [3.63, 3.8) is 0 Å². The number of aryl methyl sites for hydroxylation is 2. The molecule has 0 bridgehead atoms. The molecule has 0 saturated heterocycles. The summed E-state index contributed by atoms with van der Waals surface area (Å²) in [5.74, 6) is -1.07. The Labute approximate surface area is 138 Å². The molecule has 0 N–H and O–H groups in total. The topological polar surface area (TPSA) is 0 Å². The van der Waals surface area contributed by atoms with Crippen molar-refractivity contribution in [1.82, 2.24) is 0 Å². The summed E-state index contributed by atoms with van der Waals surface area (Å²) in [4.78, 5) is 0. The average Bonchev–Trinajstić information content (AvgIpc) is 2.44. The Bertz CT molecular complexity index is 772. The van der Waals surface area contributed by atoms with Crippen molar-refractivity contribution < 1.29 is 35.1 Å². The summed E-state index contributed by atoms with van der Waals surface area (Å²) in [5.41, 5.74) is -9.10. The lowest BCUT2D eigenvalue weighted by Gasteiger charge is -2.32. The summed E-state index contributed by atoms with van der Waals surface area (Å²) >= 11 is 0. The first-order valence-corrected chi connectivity index (χ1v) is 6.92. The van der Waals surface area contributed by atoms with E-state index >= 15 is 0 Å². The minimum Gasteiger partial charge on any atom is -0.218 e. The van der Waals surface area contributed by atoms with E-state index in [2.05, 4.69) is 6.07 Å². The van der Waals surface area contributed by atoms with Crippen molar-refractivity contribution in [3.05, 3.63) is 58.9 Å². The zero-order chi connectivity index (χ0) is 19.2. The Morgan fingerprint density at radius 1 is 0.840 bits per heavy atom. The molecule has 0 nitrogen and oxygen atoms in total. The van der Waals surface area contributed by atoms with Crippen molar-refractivity contribution >= 4 is 0 Å². The van der Waals surface area contributed by atoms with Gasteiger partial charge in [-0.15, -0.1) is 0 Å². The number of rotatable bonds is 2. The van der Waals surface area contributed by atoms with Crippen molar-refractivity contribution in [2.75, 3.05) is 0 Å². The zero-order valence-corrected chi connectivity index (χ0v) is 12.9. The van der Waals surface area contributed by atoms with E-state index in [9.17, 15) is 35.1 Å². The number of alkyl halides is 7. The molecule has 0 aliphatic carbocycles. The normalized spacial score (nSPS) is 13.2. The Balaban J connectivity index is 2.97. The van der Waals surface area contributed by atoms with E-state index in [4.69, 9.17) is 0 Å². The molecule has 8 heteroatoms. The summed E-state index contributed by atoms with van der Waals surface area (Å²) in [6.45, 7) is 2.32. The van der Waals surface area contributed by atoms with E-state index in [-0.39, 0.29) is 11.1 Å². The highest BCUT2D eigenvalue weighted by molar-refractivity contribution is 5.73. The lowest BCUT2D eigenvalue weighted by atomic mass is 9.83. The molecule has 0 fully saturated rings. The van der Waals surface area contributed by atoms with Gasteiger partial charge in [0.1, 0.15) is 5.82 Å². The summed E-state index contributed by atoms with van der Waals surface area (Å²) < 4.78 is 107. The minimum atomic E-state index is -6.29. The summed E-state index contributed by atoms with van der Waals surface area (Å²) in [6.07, 6.45) is -12.6. The largest absolute Gasteiger partial charge is 0.435 e. The predicted molar refractivity (Wildman–Crippen MR) is 75.0 cm³/mol. The highest BCUT2D eigenvalue weighted by Gasteiger charge is 2.74. The molecule has 0 aliphatic heterocycles. The Morgan fingerprint density at radius 3 is 1.84 bits per heavy atom. The molecule has 2 aromatic rings. The first-order chi connectivity index (χ1) is 11.3. The highest BCUT2D eigenvalue weighted by Crippen LogP contribution is 2.55. The standard InChI is InChI=1S/C17H11F8/c1-9-7-10(2)14(11-5-3-4-6-13(11)18)12(8-9)15(19,16(20,21)22)17(23,24)25/h3-6,8H,1-2H3. The van der Waals surface area contributed by atoms with Gasteiger partial charge < -0.3 is 0 Å². The lowest BCUT2D eigenvalue weighted by molar-refractivity contribution is -0.348. The molecule has 135 valence electrons. The van der Waals surface area contributed by atoms with E-state index in [1.807, 2.05) is 0 Å². The molecule has 0 aliphatic rings. The Kier molecular flexibility index (Phi) is 4.61. The van der Waals surface area contributed by atoms with Gasteiger partial charge >= 0.3 is 18.0 Å². The van der Waals surface area contributed by atoms with Gasteiger partial charge in [-0.05, 0) is 42.7 Å². The SMILES string of the molecule is Cc1[c]c(C)c(-c2ccccc2F)c(C(F)(C(F)(F)F)C(F)(F)F)c1. The number of hydrogen-bond donors (Lipinski definition) is 0. The first kappa shape index (κ1) is 19.2. The average molecular weight is 367 g/mol. The molecule has 2 aromatic carbocycles. The number of halogens is 8. The van der Waals surface area contributed by atoms with Gasteiger partial charge in [-0.3, -0.25) is 0 Å². The molecular formula is C17H11F8. The quantitative estimate of drug-likeness (QED) is 0.555. The molecular weight excluding hydrogens is 356 g/mol. The Hall–Kier alpha value is -2.12. The molecule has 0 heterocycles. The van der Waals surface area contributed by atoms with Crippen LogP contribution in [0.4, 0.5) is 35.1 Å². The number of benzene rings is 2. The Morgan fingerprint density at radius 2 is 1.36 bits per heavy atom. The molecule has 0 spiro atoms. The molecule has 1 radical (unpaired) electrons. The van der Waals surface area contributed by atoms with Crippen LogP contribution in [0.2, 0.25) is 0 Å². The second-order valence-electron chi connectivity index (χ2n) is 5.50. The third kappa shape index (κ3) is 3.09. The van der Waals surface area contributed by atoms with Crippen LogP contribution in [-0.4, -0.2) is 12.4 Å². The highest BCUT2D eigenvalue weighted by atomic mass is 19.4. The summed E-state index contributed by atoms with van der Waals surface area (Å²) in [7, 11) is 0. The first-order valence-electron chi connectivity index (χ1n) is 6.92. The molecule has 0 saturated carbocycles. The van der Waals surface area contributed by atoms with Crippen molar-refractivity contribution in [2.24, 2.45) is 0 Å². The fourth-order valence-electron chi connectivity index (χ4n) is 2.63. The monoisotopic (exact) mass is 367 g/mol. The van der Waals surface area contributed by atoms with Gasteiger partial charge in [0, 0.05) is 11.1 Å². The maximum atomic E-state index is 14.6. The van der Waals surface area contributed by atoms with Crippen molar-refractivity contribution in [1.29, 1.82) is 0 Å². The van der Waals surface area contributed by atoms with Crippen LogP contribution in [0.3, 0.4) is 0 Å². The maximum Gasteiger partial charge on any atom is 0.435 e. The second-order valence-corrected chi connectivity index (χ2v) is 5.50. The van der Waals surface area contributed by atoms with Crippen LogP contribution in [-0.2, 0) is 5.67 Å². The molecule has 2 rings (SSSR count). The van der Waals surface area contributed by atoms with E-state index in [0.717, 1.165) is 19.1 Å². The fraction of sp³-hybridized carbons (Fsp3) is 0.294. The molecule has 0 atom stereocenters. The molecule has 0 unspecified atom stereocenters. The number of hydrogen-bond acceptors (Lipinski definition) is 0. The predicted octanol–water partition coefficient (Wildman–Crippen LogP) is 6.20. The van der Waals surface area contributed by atoms with Crippen LogP contribution in [0.1, 0.15) is 16.7 Å². The zero-order valence-electron chi connectivity index (χ0n) is 12.9. The van der Waals surface area contributed by atoms with Gasteiger partial charge in [-0.2, -0.15) is 26.3 Å².